The van der Waals surface area contributed by atoms with Crippen LogP contribution in [0.4, 0.5) is 0 Å². The van der Waals surface area contributed by atoms with Gasteiger partial charge in [-0.2, -0.15) is 10.5 Å². The van der Waals surface area contributed by atoms with Crippen LogP contribution < -0.4 is 0 Å². The Morgan fingerprint density at radius 1 is 0.304 bits per heavy atom. The van der Waals surface area contributed by atoms with E-state index in [-0.39, 0.29) is 0 Å². The summed E-state index contributed by atoms with van der Waals surface area (Å²) >= 11 is 3.57. The maximum atomic E-state index is 12.8. The van der Waals surface area contributed by atoms with E-state index in [4.69, 9.17) is 0 Å². The molecule has 11 aromatic carbocycles. The Balaban J connectivity index is 1.22. The van der Waals surface area contributed by atoms with E-state index >= 15 is 0 Å². The molecule has 0 radical (unpaired) electrons. The molecule has 0 bridgehead atoms. The number of hydrogen-bond acceptors (Lipinski definition) is 4. The Kier molecular flexibility index (Phi) is 8.98. The fourth-order valence-electron chi connectivity index (χ4n) is 13.5. The van der Waals surface area contributed by atoms with Gasteiger partial charge in [0.25, 0.3) is 0 Å². The molecule has 368 valence electrons. The summed E-state index contributed by atoms with van der Waals surface area (Å²) in [5.74, 6) is 0. The van der Waals surface area contributed by atoms with Gasteiger partial charge in [-0.05, 0) is 92.6 Å². The molecule has 6 nitrogen and oxygen atoms in total. The Morgan fingerprint density at radius 2 is 0.684 bits per heavy atom. The Bertz CT molecular complexity index is 5440. The molecule has 0 saturated carbocycles. The molecule has 6 heterocycles. The smallest absolute Gasteiger partial charge is 0.104 e. The standard InChI is InChI=1S/C71H42N6S2/c1-39-28-33-60-52(34-39)48-29-31-50-46-20-8-14-26-62(46)78-70(50)67(48)76(60)64-54(37-72)65(74-56-22-10-4-16-42(56)43-17-5-11-23-57(43)74)69(66(55(64)38-73)75-58-24-12-6-18-44(58)45-19-7-13-25-59(45)75)77-61-36-41(3)40(2)35-53(61)49-30-32-51-47-21-9-15-27-63(47)79-71(51)68(49)77/h4-36H,1-3H3. The maximum Gasteiger partial charge on any atom is 0.104 e. The van der Waals surface area contributed by atoms with E-state index in [1.165, 1.54) is 25.7 Å². The van der Waals surface area contributed by atoms with Crippen LogP contribution in [0.1, 0.15) is 27.8 Å². The number of nitriles is 2. The second-order valence-corrected chi connectivity index (χ2v) is 23.2. The SMILES string of the molecule is Cc1ccc2c(c1)c1ccc3c4ccccc4sc3c1n2-c1c(C#N)c(-n2c3ccccc3c3ccccc32)c(-n2c3cc(C)c(C)cc3c3ccc4c5ccccc5sc4c32)c(-n2c3ccccc3c3ccccc32)c1C#N. The minimum atomic E-state index is 0.391. The highest BCUT2D eigenvalue weighted by Gasteiger charge is 2.35. The van der Waals surface area contributed by atoms with E-state index in [0.717, 1.165) is 124 Å². The minimum absolute atomic E-state index is 0.391. The molecule has 0 saturated heterocycles. The van der Waals surface area contributed by atoms with Crippen molar-refractivity contribution in [3.8, 4) is 34.9 Å². The summed E-state index contributed by atoms with van der Waals surface area (Å²) in [5, 5.41) is 38.9. The van der Waals surface area contributed by atoms with Gasteiger partial charge in [0.15, 0.2) is 0 Å². The number of benzene rings is 11. The zero-order valence-corrected chi connectivity index (χ0v) is 44.7. The number of aryl methyl sites for hydroxylation is 3. The summed E-state index contributed by atoms with van der Waals surface area (Å²) in [5.41, 5.74) is 14.6. The number of thiophene rings is 2. The first-order valence-electron chi connectivity index (χ1n) is 26.6. The summed E-state index contributed by atoms with van der Waals surface area (Å²) in [6.07, 6.45) is 0. The number of para-hydroxylation sites is 4. The van der Waals surface area contributed by atoms with Crippen molar-refractivity contribution in [2.45, 2.75) is 20.8 Å². The summed E-state index contributed by atoms with van der Waals surface area (Å²) in [6, 6.07) is 78.0. The van der Waals surface area contributed by atoms with Crippen LogP contribution in [0.15, 0.2) is 200 Å². The fourth-order valence-corrected chi connectivity index (χ4v) is 16.0. The van der Waals surface area contributed by atoms with Crippen molar-refractivity contribution in [3.63, 3.8) is 0 Å². The van der Waals surface area contributed by atoms with Gasteiger partial charge in [0, 0.05) is 74.0 Å². The van der Waals surface area contributed by atoms with Gasteiger partial charge in [0.05, 0.1) is 76.3 Å². The first kappa shape index (κ1) is 44.2. The average Bonchev–Trinajstić information content (AvgIpc) is 4.18. The summed E-state index contributed by atoms with van der Waals surface area (Å²) in [6.45, 7) is 6.52. The lowest BCUT2D eigenvalue weighted by Crippen LogP contribution is -2.17. The van der Waals surface area contributed by atoms with Crippen LogP contribution in [0.25, 0.3) is 150 Å². The number of rotatable bonds is 4. The van der Waals surface area contributed by atoms with E-state index in [0.29, 0.717) is 28.2 Å². The van der Waals surface area contributed by atoms with Crippen LogP contribution in [-0.4, -0.2) is 18.3 Å². The van der Waals surface area contributed by atoms with Crippen LogP contribution in [0.2, 0.25) is 0 Å². The molecule has 17 aromatic rings. The highest BCUT2D eigenvalue weighted by atomic mass is 32.1. The van der Waals surface area contributed by atoms with E-state index in [1.807, 2.05) is 0 Å². The molecule has 79 heavy (non-hydrogen) atoms. The van der Waals surface area contributed by atoms with Crippen molar-refractivity contribution in [2.75, 3.05) is 0 Å². The van der Waals surface area contributed by atoms with Crippen molar-refractivity contribution in [1.29, 1.82) is 10.5 Å². The molecule has 0 amide bonds. The predicted molar refractivity (Wildman–Crippen MR) is 333 cm³/mol. The normalized spacial score (nSPS) is 12.2. The molecule has 6 aromatic heterocycles. The van der Waals surface area contributed by atoms with Gasteiger partial charge in [-0.1, -0.05) is 145 Å². The number of aromatic nitrogens is 4. The lowest BCUT2D eigenvalue weighted by molar-refractivity contribution is 1.02. The van der Waals surface area contributed by atoms with Crippen LogP contribution in [0.5, 0.6) is 0 Å². The highest BCUT2D eigenvalue weighted by molar-refractivity contribution is 7.27. The van der Waals surface area contributed by atoms with Gasteiger partial charge >= 0.3 is 0 Å². The summed E-state index contributed by atoms with van der Waals surface area (Å²) in [7, 11) is 0. The van der Waals surface area contributed by atoms with Gasteiger partial charge in [-0.15, -0.1) is 22.7 Å². The van der Waals surface area contributed by atoms with E-state index in [9.17, 15) is 10.5 Å². The molecule has 0 unspecified atom stereocenters. The third kappa shape index (κ3) is 5.76. The Morgan fingerprint density at radius 3 is 1.15 bits per heavy atom. The lowest BCUT2D eigenvalue weighted by atomic mass is 9.98. The molecule has 0 spiro atoms. The van der Waals surface area contributed by atoms with Gasteiger partial charge < -0.3 is 18.3 Å². The maximum absolute atomic E-state index is 12.8. The van der Waals surface area contributed by atoms with Crippen LogP contribution in [0, 0.1) is 43.4 Å². The number of fused-ring (bicyclic) bond motifs is 20. The number of nitrogens with zero attached hydrogens (tertiary/aromatic N) is 6. The Hall–Kier alpha value is -9.96. The molecule has 0 atom stereocenters. The first-order valence-corrected chi connectivity index (χ1v) is 28.3. The Labute approximate surface area is 459 Å². The third-order valence-corrected chi connectivity index (χ3v) is 19.4. The van der Waals surface area contributed by atoms with Crippen molar-refractivity contribution in [2.24, 2.45) is 0 Å². The second-order valence-electron chi connectivity index (χ2n) is 21.1. The van der Waals surface area contributed by atoms with Crippen molar-refractivity contribution in [3.05, 3.63) is 228 Å². The van der Waals surface area contributed by atoms with Crippen molar-refractivity contribution in [1.82, 2.24) is 18.3 Å². The molecule has 0 aliphatic rings. The van der Waals surface area contributed by atoms with Gasteiger partial charge in [-0.3, -0.25) is 0 Å². The predicted octanol–water partition coefficient (Wildman–Crippen LogP) is 19.5. The quantitative estimate of drug-likeness (QED) is 0.176. The molecule has 8 heteroatoms. The molecular formula is C71H42N6S2. The minimum Gasteiger partial charge on any atom is -0.306 e. The largest absolute Gasteiger partial charge is 0.306 e. The molecule has 17 rings (SSSR count). The molecule has 0 aliphatic carbocycles. The lowest BCUT2D eigenvalue weighted by Gasteiger charge is -2.27. The van der Waals surface area contributed by atoms with Crippen LogP contribution in [0.3, 0.4) is 0 Å². The molecular weight excluding hydrogens is 1000 g/mol. The first-order chi connectivity index (χ1) is 38.9. The van der Waals surface area contributed by atoms with Crippen molar-refractivity contribution >= 4 is 150 Å². The van der Waals surface area contributed by atoms with Gasteiger partial charge in [-0.25, -0.2) is 0 Å². The zero-order valence-electron chi connectivity index (χ0n) is 43.1. The average molecular weight is 1040 g/mol. The highest BCUT2D eigenvalue weighted by Crippen LogP contribution is 2.52. The molecule has 0 aliphatic heterocycles. The van der Waals surface area contributed by atoms with Gasteiger partial charge in [0.1, 0.15) is 23.3 Å². The topological polar surface area (TPSA) is 67.3 Å². The molecule has 0 N–H and O–H groups in total. The fraction of sp³-hybridized carbons (Fsp3) is 0.0423. The molecule has 0 fully saturated rings. The second kappa shape index (κ2) is 16.0. The number of hydrogen-bond donors (Lipinski definition) is 0. The zero-order chi connectivity index (χ0) is 52.5. The third-order valence-electron chi connectivity index (χ3n) is 17.0. The van der Waals surface area contributed by atoms with E-state index < -0.39 is 0 Å². The van der Waals surface area contributed by atoms with Crippen molar-refractivity contribution < 1.29 is 0 Å². The monoisotopic (exact) mass is 1040 g/mol. The summed E-state index contributed by atoms with van der Waals surface area (Å²) < 4.78 is 14.0. The van der Waals surface area contributed by atoms with E-state index in [1.54, 1.807) is 22.7 Å². The summed E-state index contributed by atoms with van der Waals surface area (Å²) in [4.78, 5) is 0. The van der Waals surface area contributed by atoms with E-state index in [2.05, 4.69) is 251 Å². The van der Waals surface area contributed by atoms with Crippen LogP contribution >= 0.6 is 22.7 Å². The van der Waals surface area contributed by atoms with Crippen LogP contribution in [-0.2, 0) is 0 Å². The van der Waals surface area contributed by atoms with Gasteiger partial charge in [0.2, 0.25) is 0 Å².